The average molecular weight is 284 g/mol. The van der Waals surface area contributed by atoms with E-state index < -0.39 is 0 Å². The summed E-state index contributed by atoms with van der Waals surface area (Å²) in [7, 11) is 0. The second-order valence-electron chi connectivity index (χ2n) is 5.19. The normalized spacial score (nSPS) is 10.3. The number of nitrogen functional groups attached to an aromatic ring is 1. The second kappa shape index (κ2) is 6.41. The van der Waals surface area contributed by atoms with Crippen molar-refractivity contribution in [1.29, 1.82) is 0 Å². The van der Waals surface area contributed by atoms with Gasteiger partial charge in [-0.2, -0.15) is 0 Å². The Morgan fingerprint density at radius 2 is 1.67 bits per heavy atom. The third-order valence-electron chi connectivity index (χ3n) is 3.34. The van der Waals surface area contributed by atoms with Gasteiger partial charge in [0.05, 0.1) is 0 Å². The third-order valence-corrected chi connectivity index (χ3v) is 3.34. The van der Waals surface area contributed by atoms with Crippen molar-refractivity contribution in [2.24, 2.45) is 5.84 Å². The summed E-state index contributed by atoms with van der Waals surface area (Å²) in [6, 6.07) is 11.4. The molecule has 21 heavy (non-hydrogen) atoms. The van der Waals surface area contributed by atoms with Crippen LogP contribution >= 0.6 is 0 Å². The zero-order chi connectivity index (χ0) is 15.4. The van der Waals surface area contributed by atoms with Crippen LogP contribution in [0.25, 0.3) is 0 Å². The molecule has 4 heteroatoms. The number of nitrogens with one attached hydrogen (secondary N) is 1. The third kappa shape index (κ3) is 3.61. The molecule has 0 saturated carbocycles. The molecule has 0 unspecified atom stereocenters. The number of hydrazine groups is 1. The van der Waals surface area contributed by atoms with Gasteiger partial charge in [-0.15, -0.1) is 0 Å². The quantitative estimate of drug-likeness (QED) is 0.515. The molecule has 0 bridgehead atoms. The van der Waals surface area contributed by atoms with Gasteiger partial charge < -0.3 is 4.74 Å². The van der Waals surface area contributed by atoms with Gasteiger partial charge in [0, 0.05) is 5.56 Å². The summed E-state index contributed by atoms with van der Waals surface area (Å²) >= 11 is 0. The van der Waals surface area contributed by atoms with Crippen molar-refractivity contribution < 1.29 is 9.53 Å². The summed E-state index contributed by atoms with van der Waals surface area (Å²) < 4.78 is 5.91. The largest absolute Gasteiger partial charge is 0.488 e. The molecule has 2 rings (SSSR count). The highest BCUT2D eigenvalue weighted by molar-refractivity contribution is 5.93. The monoisotopic (exact) mass is 284 g/mol. The molecular formula is C17H20N2O2. The molecule has 0 radical (unpaired) electrons. The fourth-order valence-corrected chi connectivity index (χ4v) is 2.39. The maximum atomic E-state index is 11.4. The maximum absolute atomic E-state index is 11.4. The lowest BCUT2D eigenvalue weighted by Gasteiger charge is -2.13. The van der Waals surface area contributed by atoms with Crippen molar-refractivity contribution in [2.45, 2.75) is 27.4 Å². The van der Waals surface area contributed by atoms with Gasteiger partial charge in [0.15, 0.2) is 0 Å². The van der Waals surface area contributed by atoms with Gasteiger partial charge in [-0.05, 0) is 49.6 Å². The van der Waals surface area contributed by atoms with Gasteiger partial charge >= 0.3 is 0 Å². The molecule has 3 N–H and O–H groups in total. The highest BCUT2D eigenvalue weighted by Crippen LogP contribution is 2.25. The van der Waals surface area contributed by atoms with Crippen LogP contribution in [-0.2, 0) is 6.61 Å². The van der Waals surface area contributed by atoms with Crippen molar-refractivity contribution >= 4 is 5.91 Å². The van der Waals surface area contributed by atoms with Crippen LogP contribution in [-0.4, -0.2) is 5.91 Å². The van der Waals surface area contributed by atoms with Crippen LogP contribution in [0.15, 0.2) is 36.4 Å². The zero-order valence-corrected chi connectivity index (χ0v) is 12.6. The highest BCUT2D eigenvalue weighted by Gasteiger charge is 2.06. The Morgan fingerprint density at radius 1 is 1.10 bits per heavy atom. The maximum Gasteiger partial charge on any atom is 0.265 e. The van der Waals surface area contributed by atoms with E-state index in [-0.39, 0.29) is 5.91 Å². The number of rotatable bonds is 4. The van der Waals surface area contributed by atoms with Gasteiger partial charge in [-0.3, -0.25) is 10.2 Å². The molecule has 110 valence electrons. The Bertz CT molecular complexity index is 625. The Kier molecular flexibility index (Phi) is 4.60. The van der Waals surface area contributed by atoms with Crippen molar-refractivity contribution in [2.75, 3.05) is 0 Å². The van der Waals surface area contributed by atoms with Crippen molar-refractivity contribution in [3.63, 3.8) is 0 Å². The van der Waals surface area contributed by atoms with E-state index in [1.54, 1.807) is 12.1 Å². The molecular weight excluding hydrogens is 264 g/mol. The van der Waals surface area contributed by atoms with Crippen LogP contribution in [0.1, 0.15) is 32.6 Å². The van der Waals surface area contributed by atoms with Crippen LogP contribution in [0.3, 0.4) is 0 Å². The van der Waals surface area contributed by atoms with Gasteiger partial charge in [0.2, 0.25) is 0 Å². The van der Waals surface area contributed by atoms with Gasteiger partial charge in [-0.1, -0.05) is 29.8 Å². The first kappa shape index (κ1) is 15.1. The Hall–Kier alpha value is -2.33. The topological polar surface area (TPSA) is 64.3 Å². The number of hydrogen-bond donors (Lipinski definition) is 2. The number of carbonyl (C=O) groups excluding carboxylic acids is 1. The first-order valence-corrected chi connectivity index (χ1v) is 6.82. The lowest BCUT2D eigenvalue weighted by atomic mass is 10.1. The van der Waals surface area contributed by atoms with Crippen LogP contribution in [0.4, 0.5) is 0 Å². The van der Waals surface area contributed by atoms with Crippen molar-refractivity contribution in [1.82, 2.24) is 5.43 Å². The van der Waals surface area contributed by atoms with Crippen molar-refractivity contribution in [3.05, 3.63) is 64.2 Å². The predicted octanol–water partition coefficient (Wildman–Crippen LogP) is 2.79. The summed E-state index contributed by atoms with van der Waals surface area (Å²) in [5.74, 6) is 5.72. The molecule has 2 aromatic carbocycles. The summed E-state index contributed by atoms with van der Waals surface area (Å²) in [6.07, 6.45) is 0. The molecule has 0 saturated heterocycles. The van der Waals surface area contributed by atoms with Crippen LogP contribution in [0, 0.1) is 20.8 Å². The van der Waals surface area contributed by atoms with E-state index in [9.17, 15) is 4.79 Å². The molecule has 0 heterocycles. The summed E-state index contributed by atoms with van der Waals surface area (Å²) in [5.41, 5.74) is 7.14. The van der Waals surface area contributed by atoms with Crippen LogP contribution in [0.2, 0.25) is 0 Å². The molecule has 0 atom stereocenters. The summed E-state index contributed by atoms with van der Waals surface area (Å²) in [4.78, 5) is 11.4. The molecule has 0 aliphatic carbocycles. The first-order valence-electron chi connectivity index (χ1n) is 6.82. The van der Waals surface area contributed by atoms with Gasteiger partial charge in [-0.25, -0.2) is 5.84 Å². The molecule has 1 amide bonds. The standard InChI is InChI=1S/C17H20N2O2/c1-11-8-12(2)16(13(3)9-11)21-10-14-4-6-15(7-5-14)17(20)19-18/h4-9H,10,18H2,1-3H3,(H,19,20). The minimum atomic E-state index is -0.298. The van der Waals surface area contributed by atoms with Gasteiger partial charge in [0.25, 0.3) is 5.91 Å². The van der Waals surface area contributed by atoms with E-state index in [0.717, 1.165) is 22.4 Å². The summed E-state index contributed by atoms with van der Waals surface area (Å²) in [5, 5.41) is 0. The molecule has 0 aliphatic rings. The average Bonchev–Trinajstić information content (AvgIpc) is 2.46. The van der Waals surface area contributed by atoms with Crippen molar-refractivity contribution in [3.8, 4) is 5.75 Å². The van der Waals surface area contributed by atoms with Crippen LogP contribution < -0.4 is 16.0 Å². The predicted molar refractivity (Wildman–Crippen MR) is 83.1 cm³/mol. The molecule has 0 aliphatic heterocycles. The molecule has 4 nitrogen and oxygen atoms in total. The SMILES string of the molecule is Cc1cc(C)c(OCc2ccc(C(=O)NN)cc2)c(C)c1. The molecule has 0 aromatic heterocycles. The van der Waals surface area contributed by atoms with Gasteiger partial charge in [0.1, 0.15) is 12.4 Å². The lowest BCUT2D eigenvalue weighted by molar-refractivity contribution is 0.0953. The minimum Gasteiger partial charge on any atom is -0.488 e. The van der Waals surface area contributed by atoms with E-state index in [1.807, 2.05) is 26.0 Å². The molecule has 2 aromatic rings. The van der Waals surface area contributed by atoms with E-state index in [0.29, 0.717) is 12.2 Å². The smallest absolute Gasteiger partial charge is 0.265 e. The number of amides is 1. The number of carbonyl (C=O) groups is 1. The lowest BCUT2D eigenvalue weighted by Crippen LogP contribution is -2.29. The fourth-order valence-electron chi connectivity index (χ4n) is 2.39. The number of nitrogens with two attached hydrogens (primary N) is 1. The number of aryl methyl sites for hydroxylation is 3. The highest BCUT2D eigenvalue weighted by atomic mass is 16.5. The Balaban J connectivity index is 2.08. The number of ether oxygens (including phenoxy) is 1. The van der Waals surface area contributed by atoms with Crippen LogP contribution in [0.5, 0.6) is 5.75 Å². The van der Waals surface area contributed by atoms with E-state index in [4.69, 9.17) is 10.6 Å². The molecule has 0 spiro atoms. The number of hydrogen-bond acceptors (Lipinski definition) is 3. The fraction of sp³-hybridized carbons (Fsp3) is 0.235. The Labute approximate surface area is 124 Å². The molecule has 0 fully saturated rings. The number of benzene rings is 2. The second-order valence-corrected chi connectivity index (χ2v) is 5.19. The zero-order valence-electron chi connectivity index (χ0n) is 12.6. The Morgan fingerprint density at radius 3 is 2.19 bits per heavy atom. The van der Waals surface area contributed by atoms with E-state index >= 15 is 0 Å². The first-order chi connectivity index (χ1) is 10.0. The van der Waals surface area contributed by atoms with E-state index in [2.05, 4.69) is 24.5 Å². The summed E-state index contributed by atoms with van der Waals surface area (Å²) in [6.45, 7) is 6.63. The van der Waals surface area contributed by atoms with E-state index in [1.165, 1.54) is 5.56 Å². The minimum absolute atomic E-state index is 0.298.